The number of non-ortho nitro benzene ring substituents is 1. The van der Waals surface area contributed by atoms with Crippen LogP contribution in [0.4, 0.5) is 11.4 Å². The SMILES string of the molecule is Cc1cccc(OCc2cc([N+](=O)[O-])ccc2N)c1. The lowest BCUT2D eigenvalue weighted by molar-refractivity contribution is -0.384. The molecule has 0 aromatic heterocycles. The van der Waals surface area contributed by atoms with Gasteiger partial charge in [0, 0.05) is 23.4 Å². The number of hydrogen-bond acceptors (Lipinski definition) is 4. The number of benzene rings is 2. The van der Waals surface area contributed by atoms with Gasteiger partial charge in [-0.05, 0) is 30.7 Å². The highest BCUT2D eigenvalue weighted by atomic mass is 16.6. The molecule has 0 spiro atoms. The van der Waals surface area contributed by atoms with Gasteiger partial charge in [-0.1, -0.05) is 12.1 Å². The maximum absolute atomic E-state index is 10.7. The number of anilines is 1. The van der Waals surface area contributed by atoms with E-state index >= 15 is 0 Å². The molecule has 0 atom stereocenters. The lowest BCUT2D eigenvalue weighted by atomic mass is 10.1. The maximum atomic E-state index is 10.7. The lowest BCUT2D eigenvalue weighted by Crippen LogP contribution is -2.01. The van der Waals surface area contributed by atoms with Gasteiger partial charge in [0.05, 0.1) is 4.92 Å². The molecule has 0 amide bonds. The number of ether oxygens (including phenoxy) is 1. The summed E-state index contributed by atoms with van der Waals surface area (Å²) >= 11 is 0. The van der Waals surface area contributed by atoms with Gasteiger partial charge in [0.1, 0.15) is 12.4 Å². The zero-order valence-corrected chi connectivity index (χ0v) is 10.5. The first-order valence-electron chi connectivity index (χ1n) is 5.78. The molecular formula is C14H14N2O3. The quantitative estimate of drug-likeness (QED) is 0.519. The van der Waals surface area contributed by atoms with E-state index in [-0.39, 0.29) is 12.3 Å². The Labute approximate surface area is 110 Å². The molecule has 0 aliphatic heterocycles. The standard InChI is InChI=1S/C14H14N2O3/c1-10-3-2-4-13(7-10)19-9-11-8-12(16(17)18)5-6-14(11)15/h2-8H,9,15H2,1H3. The van der Waals surface area contributed by atoms with E-state index in [0.29, 0.717) is 17.0 Å². The van der Waals surface area contributed by atoms with Crippen molar-refractivity contribution in [1.29, 1.82) is 0 Å². The van der Waals surface area contributed by atoms with E-state index in [0.717, 1.165) is 5.56 Å². The maximum Gasteiger partial charge on any atom is 0.269 e. The summed E-state index contributed by atoms with van der Waals surface area (Å²) in [6.45, 7) is 2.17. The van der Waals surface area contributed by atoms with Crippen LogP contribution in [0.3, 0.4) is 0 Å². The van der Waals surface area contributed by atoms with E-state index in [1.165, 1.54) is 18.2 Å². The van der Waals surface area contributed by atoms with Crippen molar-refractivity contribution in [3.05, 3.63) is 63.7 Å². The molecule has 0 radical (unpaired) electrons. The Bertz CT molecular complexity index is 611. The minimum Gasteiger partial charge on any atom is -0.489 e. The van der Waals surface area contributed by atoms with Crippen molar-refractivity contribution in [2.75, 3.05) is 5.73 Å². The molecular weight excluding hydrogens is 244 g/mol. The summed E-state index contributed by atoms with van der Waals surface area (Å²) in [6.07, 6.45) is 0. The van der Waals surface area contributed by atoms with Crippen LogP contribution in [0.25, 0.3) is 0 Å². The molecule has 0 unspecified atom stereocenters. The van der Waals surface area contributed by atoms with Gasteiger partial charge in [0.25, 0.3) is 5.69 Å². The molecule has 5 heteroatoms. The number of nitrogens with zero attached hydrogens (tertiary/aromatic N) is 1. The average Bonchev–Trinajstić information content (AvgIpc) is 2.37. The van der Waals surface area contributed by atoms with E-state index in [4.69, 9.17) is 10.5 Å². The molecule has 0 aliphatic rings. The van der Waals surface area contributed by atoms with Gasteiger partial charge < -0.3 is 10.5 Å². The van der Waals surface area contributed by atoms with Crippen molar-refractivity contribution < 1.29 is 9.66 Å². The van der Waals surface area contributed by atoms with Crippen molar-refractivity contribution in [1.82, 2.24) is 0 Å². The second-order valence-corrected chi connectivity index (χ2v) is 4.25. The van der Waals surface area contributed by atoms with Gasteiger partial charge in [-0.25, -0.2) is 0 Å². The van der Waals surface area contributed by atoms with Crippen molar-refractivity contribution >= 4 is 11.4 Å². The van der Waals surface area contributed by atoms with Crippen molar-refractivity contribution in [3.8, 4) is 5.75 Å². The van der Waals surface area contributed by atoms with E-state index < -0.39 is 4.92 Å². The van der Waals surface area contributed by atoms with E-state index in [9.17, 15) is 10.1 Å². The Morgan fingerprint density at radius 2 is 2.05 bits per heavy atom. The summed E-state index contributed by atoms with van der Waals surface area (Å²) in [5.41, 5.74) is 7.97. The topological polar surface area (TPSA) is 78.4 Å². The Morgan fingerprint density at radius 3 is 2.74 bits per heavy atom. The third-order valence-electron chi connectivity index (χ3n) is 2.72. The molecule has 5 nitrogen and oxygen atoms in total. The fraction of sp³-hybridized carbons (Fsp3) is 0.143. The number of nitro benzene ring substituents is 1. The Hall–Kier alpha value is -2.56. The van der Waals surface area contributed by atoms with Gasteiger partial charge in [0.2, 0.25) is 0 Å². The van der Waals surface area contributed by atoms with Crippen LogP contribution in [-0.4, -0.2) is 4.92 Å². The number of aryl methyl sites for hydroxylation is 1. The summed E-state index contributed by atoms with van der Waals surface area (Å²) in [5.74, 6) is 0.714. The van der Waals surface area contributed by atoms with Crippen LogP contribution in [-0.2, 0) is 6.61 Å². The predicted molar refractivity (Wildman–Crippen MR) is 73.0 cm³/mol. The molecule has 2 aromatic carbocycles. The fourth-order valence-corrected chi connectivity index (χ4v) is 1.70. The Balaban J connectivity index is 2.15. The van der Waals surface area contributed by atoms with Crippen LogP contribution in [0.2, 0.25) is 0 Å². The van der Waals surface area contributed by atoms with Gasteiger partial charge in [-0.2, -0.15) is 0 Å². The summed E-state index contributed by atoms with van der Waals surface area (Å²) < 4.78 is 5.59. The molecule has 98 valence electrons. The highest BCUT2D eigenvalue weighted by Gasteiger charge is 2.09. The zero-order valence-electron chi connectivity index (χ0n) is 10.5. The molecule has 19 heavy (non-hydrogen) atoms. The van der Waals surface area contributed by atoms with Crippen LogP contribution >= 0.6 is 0 Å². The van der Waals surface area contributed by atoms with Gasteiger partial charge in [0.15, 0.2) is 0 Å². The van der Waals surface area contributed by atoms with Crippen LogP contribution in [0.5, 0.6) is 5.75 Å². The molecule has 0 saturated carbocycles. The van der Waals surface area contributed by atoms with Crippen molar-refractivity contribution in [2.45, 2.75) is 13.5 Å². The number of hydrogen-bond donors (Lipinski definition) is 1. The molecule has 0 aliphatic carbocycles. The third kappa shape index (κ3) is 3.22. The predicted octanol–water partition coefficient (Wildman–Crippen LogP) is 3.06. The smallest absolute Gasteiger partial charge is 0.269 e. The zero-order chi connectivity index (χ0) is 13.8. The molecule has 0 fully saturated rings. The summed E-state index contributed by atoms with van der Waals surface area (Å²) in [4.78, 5) is 10.3. The largest absolute Gasteiger partial charge is 0.489 e. The number of nitrogen functional groups attached to an aromatic ring is 1. The average molecular weight is 258 g/mol. The van der Waals surface area contributed by atoms with E-state index in [1.807, 2.05) is 31.2 Å². The van der Waals surface area contributed by atoms with Crippen molar-refractivity contribution in [2.24, 2.45) is 0 Å². The van der Waals surface area contributed by atoms with Gasteiger partial charge >= 0.3 is 0 Å². The van der Waals surface area contributed by atoms with Crippen LogP contribution in [0.1, 0.15) is 11.1 Å². The first-order chi connectivity index (χ1) is 9.06. The van der Waals surface area contributed by atoms with Crippen LogP contribution < -0.4 is 10.5 Å². The normalized spacial score (nSPS) is 10.2. The highest BCUT2D eigenvalue weighted by Crippen LogP contribution is 2.22. The molecule has 0 bridgehead atoms. The number of nitrogens with two attached hydrogens (primary N) is 1. The van der Waals surface area contributed by atoms with Crippen LogP contribution in [0.15, 0.2) is 42.5 Å². The fourth-order valence-electron chi connectivity index (χ4n) is 1.70. The second-order valence-electron chi connectivity index (χ2n) is 4.25. The highest BCUT2D eigenvalue weighted by molar-refractivity contribution is 5.52. The minimum atomic E-state index is -0.449. The van der Waals surface area contributed by atoms with E-state index in [1.54, 1.807) is 0 Å². The monoisotopic (exact) mass is 258 g/mol. The molecule has 0 heterocycles. The first-order valence-corrected chi connectivity index (χ1v) is 5.78. The molecule has 2 N–H and O–H groups in total. The lowest BCUT2D eigenvalue weighted by Gasteiger charge is -2.09. The first kappa shape index (κ1) is 12.9. The summed E-state index contributed by atoms with van der Waals surface area (Å²) in [7, 11) is 0. The molecule has 2 rings (SSSR count). The molecule has 2 aromatic rings. The third-order valence-corrected chi connectivity index (χ3v) is 2.72. The van der Waals surface area contributed by atoms with Crippen LogP contribution in [0, 0.1) is 17.0 Å². The van der Waals surface area contributed by atoms with Crippen molar-refractivity contribution in [3.63, 3.8) is 0 Å². The number of nitro groups is 1. The van der Waals surface area contributed by atoms with E-state index in [2.05, 4.69) is 0 Å². The minimum absolute atomic E-state index is 0.0112. The Morgan fingerprint density at radius 1 is 1.26 bits per heavy atom. The van der Waals surface area contributed by atoms with Gasteiger partial charge in [-0.15, -0.1) is 0 Å². The summed E-state index contributed by atoms with van der Waals surface area (Å²) in [5, 5.41) is 10.7. The Kier molecular flexibility index (Phi) is 3.66. The summed E-state index contributed by atoms with van der Waals surface area (Å²) in [6, 6.07) is 11.9. The second kappa shape index (κ2) is 5.39. The van der Waals surface area contributed by atoms with Gasteiger partial charge in [-0.3, -0.25) is 10.1 Å². The molecule has 0 saturated heterocycles. The number of rotatable bonds is 4.